The standard InChI is InChI=1S/C12H26N2O2/c1-6-8-9-14(5)10-12(3,13-4)11(15)16-7-2/h13H,6-10H2,1-5H3. The van der Waals surface area contributed by atoms with Gasteiger partial charge in [0.2, 0.25) is 0 Å². The number of hydrogen-bond acceptors (Lipinski definition) is 4. The Hall–Kier alpha value is -0.610. The van der Waals surface area contributed by atoms with Gasteiger partial charge in [0.15, 0.2) is 0 Å². The maximum atomic E-state index is 11.8. The van der Waals surface area contributed by atoms with E-state index in [2.05, 4.69) is 17.1 Å². The van der Waals surface area contributed by atoms with E-state index in [0.717, 1.165) is 13.0 Å². The van der Waals surface area contributed by atoms with Crippen LogP contribution in [0.3, 0.4) is 0 Å². The third-order valence-corrected chi connectivity index (χ3v) is 2.76. The van der Waals surface area contributed by atoms with Gasteiger partial charge in [0.1, 0.15) is 5.54 Å². The molecule has 0 aliphatic carbocycles. The van der Waals surface area contributed by atoms with Gasteiger partial charge in [-0.2, -0.15) is 0 Å². The Labute approximate surface area is 99.3 Å². The van der Waals surface area contributed by atoms with E-state index in [1.54, 1.807) is 7.05 Å². The fraction of sp³-hybridized carbons (Fsp3) is 0.917. The average Bonchev–Trinajstić information content (AvgIpc) is 2.26. The van der Waals surface area contributed by atoms with Crippen molar-refractivity contribution in [2.75, 3.05) is 33.8 Å². The van der Waals surface area contributed by atoms with E-state index in [4.69, 9.17) is 4.74 Å². The Kier molecular flexibility index (Phi) is 7.34. The zero-order valence-corrected chi connectivity index (χ0v) is 11.3. The Morgan fingerprint density at radius 2 is 2.06 bits per heavy atom. The van der Waals surface area contributed by atoms with Gasteiger partial charge in [-0.3, -0.25) is 4.79 Å². The second kappa shape index (κ2) is 7.63. The molecule has 0 aromatic rings. The molecule has 1 atom stereocenters. The van der Waals surface area contributed by atoms with Gasteiger partial charge >= 0.3 is 5.97 Å². The first-order chi connectivity index (χ1) is 7.50. The lowest BCUT2D eigenvalue weighted by Gasteiger charge is -2.31. The summed E-state index contributed by atoms with van der Waals surface area (Å²) in [6.07, 6.45) is 2.32. The molecule has 0 bridgehead atoms. The summed E-state index contributed by atoms with van der Waals surface area (Å²) in [5, 5.41) is 3.05. The molecule has 0 amide bonds. The number of ether oxygens (including phenoxy) is 1. The van der Waals surface area contributed by atoms with Crippen LogP contribution < -0.4 is 5.32 Å². The molecule has 4 heteroatoms. The largest absolute Gasteiger partial charge is 0.465 e. The van der Waals surface area contributed by atoms with Gasteiger partial charge in [-0.1, -0.05) is 13.3 Å². The number of hydrogen-bond donors (Lipinski definition) is 1. The predicted molar refractivity (Wildman–Crippen MR) is 66.5 cm³/mol. The number of esters is 1. The molecule has 1 unspecified atom stereocenters. The van der Waals surface area contributed by atoms with Gasteiger partial charge in [0.25, 0.3) is 0 Å². The molecule has 0 radical (unpaired) electrons. The van der Waals surface area contributed by atoms with E-state index < -0.39 is 5.54 Å². The molecule has 0 aliphatic heterocycles. The number of carbonyl (C=O) groups is 1. The lowest BCUT2D eigenvalue weighted by Crippen LogP contribution is -2.55. The van der Waals surface area contributed by atoms with Crippen molar-refractivity contribution >= 4 is 5.97 Å². The summed E-state index contributed by atoms with van der Waals surface area (Å²) < 4.78 is 5.08. The van der Waals surface area contributed by atoms with Crippen molar-refractivity contribution < 1.29 is 9.53 Å². The van der Waals surface area contributed by atoms with Crippen molar-refractivity contribution in [3.8, 4) is 0 Å². The Balaban J connectivity index is 4.29. The predicted octanol–water partition coefficient (Wildman–Crippen LogP) is 1.26. The topological polar surface area (TPSA) is 41.6 Å². The fourth-order valence-corrected chi connectivity index (χ4v) is 1.58. The zero-order valence-electron chi connectivity index (χ0n) is 11.3. The molecule has 4 nitrogen and oxygen atoms in total. The van der Waals surface area contributed by atoms with Crippen molar-refractivity contribution in [2.45, 2.75) is 39.2 Å². The second-order valence-electron chi connectivity index (χ2n) is 4.39. The Morgan fingerprint density at radius 3 is 2.50 bits per heavy atom. The average molecular weight is 230 g/mol. The SMILES string of the molecule is CCCCN(C)CC(C)(NC)C(=O)OCC. The molecule has 0 aromatic heterocycles. The lowest BCUT2D eigenvalue weighted by molar-refractivity contribution is -0.151. The maximum Gasteiger partial charge on any atom is 0.327 e. The van der Waals surface area contributed by atoms with Crippen LogP contribution in [-0.4, -0.2) is 50.2 Å². The van der Waals surface area contributed by atoms with E-state index in [-0.39, 0.29) is 5.97 Å². The van der Waals surface area contributed by atoms with Gasteiger partial charge in [-0.15, -0.1) is 0 Å². The van der Waals surface area contributed by atoms with Crippen LogP contribution in [0.2, 0.25) is 0 Å². The van der Waals surface area contributed by atoms with Crippen LogP contribution in [0.25, 0.3) is 0 Å². The van der Waals surface area contributed by atoms with Gasteiger partial charge in [0, 0.05) is 6.54 Å². The molecule has 0 saturated carbocycles. The molecule has 16 heavy (non-hydrogen) atoms. The van der Waals surface area contributed by atoms with Crippen LogP contribution in [-0.2, 0) is 9.53 Å². The summed E-state index contributed by atoms with van der Waals surface area (Å²) in [6.45, 7) is 7.98. The maximum absolute atomic E-state index is 11.8. The molecule has 0 rings (SSSR count). The highest BCUT2D eigenvalue weighted by Gasteiger charge is 2.33. The third-order valence-electron chi connectivity index (χ3n) is 2.76. The van der Waals surface area contributed by atoms with Gasteiger partial charge in [-0.25, -0.2) is 0 Å². The highest BCUT2D eigenvalue weighted by Crippen LogP contribution is 2.08. The number of likely N-dealkylation sites (N-methyl/N-ethyl adjacent to an activating group) is 2. The van der Waals surface area contributed by atoms with E-state index in [1.165, 1.54) is 6.42 Å². The summed E-state index contributed by atoms with van der Waals surface area (Å²) >= 11 is 0. The van der Waals surface area contributed by atoms with Crippen molar-refractivity contribution in [2.24, 2.45) is 0 Å². The molecular weight excluding hydrogens is 204 g/mol. The summed E-state index contributed by atoms with van der Waals surface area (Å²) in [4.78, 5) is 14.0. The molecule has 0 spiro atoms. The van der Waals surface area contributed by atoms with Crippen LogP contribution >= 0.6 is 0 Å². The van der Waals surface area contributed by atoms with Crippen molar-refractivity contribution in [3.63, 3.8) is 0 Å². The molecule has 1 N–H and O–H groups in total. The van der Waals surface area contributed by atoms with E-state index in [1.807, 2.05) is 20.9 Å². The minimum Gasteiger partial charge on any atom is -0.465 e. The van der Waals surface area contributed by atoms with Crippen LogP contribution in [0.4, 0.5) is 0 Å². The van der Waals surface area contributed by atoms with Crippen molar-refractivity contribution in [3.05, 3.63) is 0 Å². The van der Waals surface area contributed by atoms with E-state index in [9.17, 15) is 4.79 Å². The zero-order chi connectivity index (χ0) is 12.6. The van der Waals surface area contributed by atoms with Crippen LogP contribution in [0.1, 0.15) is 33.6 Å². The van der Waals surface area contributed by atoms with Gasteiger partial charge in [0.05, 0.1) is 6.61 Å². The minimum absolute atomic E-state index is 0.180. The first-order valence-electron chi connectivity index (χ1n) is 6.04. The first kappa shape index (κ1) is 15.4. The monoisotopic (exact) mass is 230 g/mol. The Morgan fingerprint density at radius 1 is 1.44 bits per heavy atom. The molecule has 0 aromatic carbocycles. The third kappa shape index (κ3) is 4.94. The highest BCUT2D eigenvalue weighted by molar-refractivity contribution is 5.80. The minimum atomic E-state index is -0.613. The molecule has 0 aliphatic rings. The van der Waals surface area contributed by atoms with Gasteiger partial charge < -0.3 is 15.0 Å². The Bertz CT molecular complexity index is 209. The normalized spacial score (nSPS) is 14.9. The molecule has 96 valence electrons. The van der Waals surface area contributed by atoms with E-state index >= 15 is 0 Å². The van der Waals surface area contributed by atoms with Crippen molar-refractivity contribution in [1.29, 1.82) is 0 Å². The fourth-order valence-electron chi connectivity index (χ4n) is 1.58. The van der Waals surface area contributed by atoms with E-state index in [0.29, 0.717) is 13.2 Å². The molecule has 0 saturated heterocycles. The highest BCUT2D eigenvalue weighted by atomic mass is 16.5. The smallest absolute Gasteiger partial charge is 0.327 e. The molecule has 0 fully saturated rings. The number of nitrogens with zero attached hydrogens (tertiary/aromatic N) is 1. The number of carbonyl (C=O) groups excluding carboxylic acids is 1. The van der Waals surface area contributed by atoms with Gasteiger partial charge in [-0.05, 0) is 40.9 Å². The summed E-state index contributed by atoms with van der Waals surface area (Å²) in [7, 11) is 3.83. The quantitative estimate of drug-likeness (QED) is 0.637. The van der Waals surface area contributed by atoms with Crippen LogP contribution in [0.15, 0.2) is 0 Å². The summed E-state index contributed by atoms with van der Waals surface area (Å²) in [5.41, 5.74) is -0.613. The lowest BCUT2D eigenvalue weighted by atomic mass is 10.0. The number of unbranched alkanes of at least 4 members (excludes halogenated alkanes) is 1. The second-order valence-corrected chi connectivity index (χ2v) is 4.39. The summed E-state index contributed by atoms with van der Waals surface area (Å²) in [6, 6.07) is 0. The molecule has 0 heterocycles. The van der Waals surface area contributed by atoms with Crippen LogP contribution in [0.5, 0.6) is 0 Å². The molecular formula is C12H26N2O2. The number of rotatable bonds is 8. The van der Waals surface area contributed by atoms with Crippen molar-refractivity contribution in [1.82, 2.24) is 10.2 Å². The summed E-state index contributed by atoms with van der Waals surface area (Å²) in [5.74, 6) is -0.180. The first-order valence-corrected chi connectivity index (χ1v) is 6.04. The van der Waals surface area contributed by atoms with Crippen LogP contribution in [0, 0.1) is 0 Å². The number of nitrogens with one attached hydrogen (secondary N) is 1.